The third-order valence-electron chi connectivity index (χ3n) is 4.87. The summed E-state index contributed by atoms with van der Waals surface area (Å²) in [6.07, 6.45) is 9.32. The maximum atomic E-state index is 5.18. The van der Waals surface area contributed by atoms with E-state index in [1.807, 2.05) is 10.9 Å². The number of methoxy groups -OCH3 is 1. The predicted molar refractivity (Wildman–Crippen MR) is 97.4 cm³/mol. The summed E-state index contributed by atoms with van der Waals surface area (Å²) in [5.74, 6) is 0.820. The second-order valence-corrected chi connectivity index (χ2v) is 7.01. The SMILES string of the molecule is COCCC[C@@H]1CCCN(Cc2cnn(-c3cccc(C)c3)c2)C1. The molecule has 0 radical (unpaired) electrons. The molecule has 24 heavy (non-hydrogen) atoms. The van der Waals surface area contributed by atoms with Crippen LogP contribution in [0.3, 0.4) is 0 Å². The lowest BCUT2D eigenvalue weighted by molar-refractivity contribution is 0.142. The monoisotopic (exact) mass is 327 g/mol. The van der Waals surface area contributed by atoms with Crippen molar-refractivity contribution in [1.29, 1.82) is 0 Å². The van der Waals surface area contributed by atoms with Gasteiger partial charge in [0.25, 0.3) is 0 Å². The smallest absolute Gasteiger partial charge is 0.0648 e. The molecule has 1 aromatic carbocycles. The molecule has 0 N–H and O–H groups in total. The molecule has 1 aliphatic rings. The van der Waals surface area contributed by atoms with E-state index in [1.165, 1.54) is 49.9 Å². The van der Waals surface area contributed by atoms with Crippen LogP contribution in [0.2, 0.25) is 0 Å². The van der Waals surface area contributed by atoms with Crippen molar-refractivity contribution in [3.8, 4) is 5.69 Å². The van der Waals surface area contributed by atoms with Crippen LogP contribution in [-0.4, -0.2) is 41.5 Å². The number of rotatable bonds is 7. The van der Waals surface area contributed by atoms with Crippen molar-refractivity contribution < 1.29 is 4.74 Å². The Morgan fingerprint density at radius 3 is 3.08 bits per heavy atom. The molecular formula is C20H29N3O. The third kappa shape index (κ3) is 4.68. The quantitative estimate of drug-likeness (QED) is 0.724. The Balaban J connectivity index is 1.56. The molecule has 130 valence electrons. The summed E-state index contributed by atoms with van der Waals surface area (Å²) in [5.41, 5.74) is 3.70. The topological polar surface area (TPSA) is 30.3 Å². The molecule has 0 saturated carbocycles. The first kappa shape index (κ1) is 17.2. The van der Waals surface area contributed by atoms with Gasteiger partial charge >= 0.3 is 0 Å². The van der Waals surface area contributed by atoms with Gasteiger partial charge in [-0.15, -0.1) is 0 Å². The lowest BCUT2D eigenvalue weighted by Gasteiger charge is -2.32. The number of nitrogens with zero attached hydrogens (tertiary/aromatic N) is 3. The van der Waals surface area contributed by atoms with Crippen molar-refractivity contribution in [2.45, 2.75) is 39.2 Å². The van der Waals surface area contributed by atoms with Crippen LogP contribution in [0, 0.1) is 12.8 Å². The molecule has 0 aliphatic carbocycles. The standard InChI is InChI=1S/C20H29N3O/c1-17-6-3-9-20(12-17)23-16-19(13-21-23)15-22-10-4-7-18(14-22)8-5-11-24-2/h3,6,9,12-13,16,18H,4-5,7-8,10-11,14-15H2,1-2H3/t18-/m0/s1. The van der Waals surface area contributed by atoms with E-state index in [4.69, 9.17) is 4.74 Å². The Bertz CT molecular complexity index is 637. The van der Waals surface area contributed by atoms with Crippen molar-refractivity contribution in [3.05, 3.63) is 47.8 Å². The first-order valence-corrected chi connectivity index (χ1v) is 9.06. The lowest BCUT2D eigenvalue weighted by atomic mass is 9.93. The van der Waals surface area contributed by atoms with Crippen LogP contribution < -0.4 is 0 Å². The number of hydrogen-bond donors (Lipinski definition) is 0. The van der Waals surface area contributed by atoms with Gasteiger partial charge in [-0.3, -0.25) is 4.90 Å². The van der Waals surface area contributed by atoms with Crippen molar-refractivity contribution in [2.24, 2.45) is 5.92 Å². The molecule has 1 aromatic heterocycles. The van der Waals surface area contributed by atoms with E-state index in [9.17, 15) is 0 Å². The summed E-state index contributed by atoms with van der Waals surface area (Å²) in [7, 11) is 1.79. The normalized spacial score (nSPS) is 18.8. The van der Waals surface area contributed by atoms with E-state index in [0.717, 1.165) is 24.8 Å². The number of piperidine rings is 1. The van der Waals surface area contributed by atoms with E-state index in [2.05, 4.69) is 47.4 Å². The van der Waals surface area contributed by atoms with Gasteiger partial charge in [0.05, 0.1) is 11.9 Å². The van der Waals surface area contributed by atoms with Gasteiger partial charge in [0.15, 0.2) is 0 Å². The van der Waals surface area contributed by atoms with Crippen LogP contribution in [0.25, 0.3) is 5.69 Å². The summed E-state index contributed by atoms with van der Waals surface area (Å²) in [6, 6.07) is 8.48. The third-order valence-corrected chi connectivity index (χ3v) is 4.87. The molecule has 0 spiro atoms. The summed E-state index contributed by atoms with van der Waals surface area (Å²) in [4.78, 5) is 2.58. The Labute approximate surface area is 145 Å². The zero-order chi connectivity index (χ0) is 16.8. The van der Waals surface area contributed by atoms with Gasteiger partial charge in [0, 0.05) is 38.6 Å². The van der Waals surface area contributed by atoms with Crippen molar-refractivity contribution in [3.63, 3.8) is 0 Å². The number of hydrogen-bond acceptors (Lipinski definition) is 3. The number of likely N-dealkylation sites (tertiary alicyclic amines) is 1. The molecule has 0 amide bonds. The van der Waals surface area contributed by atoms with Crippen molar-refractivity contribution in [1.82, 2.24) is 14.7 Å². The van der Waals surface area contributed by atoms with E-state index in [0.29, 0.717) is 0 Å². The van der Waals surface area contributed by atoms with Gasteiger partial charge in [0.2, 0.25) is 0 Å². The lowest BCUT2D eigenvalue weighted by Crippen LogP contribution is -2.34. The second kappa shape index (κ2) is 8.45. The number of ether oxygens (including phenoxy) is 1. The highest BCUT2D eigenvalue weighted by molar-refractivity contribution is 5.35. The molecule has 1 aliphatic heterocycles. The van der Waals surface area contributed by atoms with Crippen LogP contribution >= 0.6 is 0 Å². The van der Waals surface area contributed by atoms with Crippen LogP contribution in [0.5, 0.6) is 0 Å². The molecule has 0 bridgehead atoms. The van der Waals surface area contributed by atoms with Gasteiger partial charge in [-0.2, -0.15) is 5.10 Å². The highest BCUT2D eigenvalue weighted by Crippen LogP contribution is 2.22. The van der Waals surface area contributed by atoms with Crippen molar-refractivity contribution >= 4 is 0 Å². The van der Waals surface area contributed by atoms with Gasteiger partial charge in [-0.25, -0.2) is 4.68 Å². The molecule has 2 heterocycles. The summed E-state index contributed by atoms with van der Waals surface area (Å²) in [6.45, 7) is 6.42. The Kier molecular flexibility index (Phi) is 6.05. The molecule has 3 rings (SSSR count). The minimum absolute atomic E-state index is 0.820. The number of aromatic nitrogens is 2. The molecular weight excluding hydrogens is 298 g/mol. The van der Waals surface area contributed by atoms with Crippen LogP contribution in [0.4, 0.5) is 0 Å². The average Bonchev–Trinajstić information content (AvgIpc) is 3.04. The zero-order valence-corrected chi connectivity index (χ0v) is 14.9. The van der Waals surface area contributed by atoms with Gasteiger partial charge in [-0.05, 0) is 62.8 Å². The molecule has 1 fully saturated rings. The van der Waals surface area contributed by atoms with Gasteiger partial charge in [-0.1, -0.05) is 12.1 Å². The molecule has 1 saturated heterocycles. The van der Waals surface area contributed by atoms with E-state index < -0.39 is 0 Å². The maximum absolute atomic E-state index is 5.18. The first-order chi connectivity index (χ1) is 11.7. The Hall–Kier alpha value is -1.65. The Morgan fingerprint density at radius 2 is 2.25 bits per heavy atom. The molecule has 4 nitrogen and oxygen atoms in total. The maximum Gasteiger partial charge on any atom is 0.0648 e. The van der Waals surface area contributed by atoms with Crippen LogP contribution in [-0.2, 0) is 11.3 Å². The summed E-state index contributed by atoms with van der Waals surface area (Å²) >= 11 is 0. The average molecular weight is 327 g/mol. The zero-order valence-electron chi connectivity index (χ0n) is 14.9. The molecule has 1 atom stereocenters. The minimum atomic E-state index is 0.820. The molecule has 0 unspecified atom stereocenters. The van der Waals surface area contributed by atoms with Crippen molar-refractivity contribution in [2.75, 3.05) is 26.8 Å². The fourth-order valence-corrected chi connectivity index (χ4v) is 3.66. The predicted octanol–water partition coefficient (Wildman–Crippen LogP) is 3.82. The van der Waals surface area contributed by atoms with E-state index >= 15 is 0 Å². The number of benzene rings is 1. The van der Waals surface area contributed by atoms with E-state index in [-0.39, 0.29) is 0 Å². The van der Waals surface area contributed by atoms with Crippen LogP contribution in [0.15, 0.2) is 36.7 Å². The number of aryl methyl sites for hydroxylation is 1. The summed E-state index contributed by atoms with van der Waals surface area (Å²) in [5, 5.41) is 4.55. The largest absolute Gasteiger partial charge is 0.385 e. The minimum Gasteiger partial charge on any atom is -0.385 e. The Morgan fingerprint density at radius 1 is 1.33 bits per heavy atom. The van der Waals surface area contributed by atoms with Gasteiger partial charge < -0.3 is 4.74 Å². The van der Waals surface area contributed by atoms with E-state index in [1.54, 1.807) is 7.11 Å². The fourth-order valence-electron chi connectivity index (χ4n) is 3.66. The fraction of sp³-hybridized carbons (Fsp3) is 0.550. The molecule has 2 aromatic rings. The second-order valence-electron chi connectivity index (χ2n) is 7.01. The molecule has 4 heteroatoms. The first-order valence-electron chi connectivity index (χ1n) is 9.06. The van der Waals surface area contributed by atoms with Gasteiger partial charge in [0.1, 0.15) is 0 Å². The highest BCUT2D eigenvalue weighted by atomic mass is 16.5. The highest BCUT2D eigenvalue weighted by Gasteiger charge is 2.20. The summed E-state index contributed by atoms with van der Waals surface area (Å²) < 4.78 is 7.17. The van der Waals surface area contributed by atoms with Crippen LogP contribution in [0.1, 0.15) is 36.8 Å².